The monoisotopic (exact) mass is 566 g/mol. The lowest BCUT2D eigenvalue weighted by molar-refractivity contribution is -0.143. The first kappa shape index (κ1) is 27.3. The lowest BCUT2D eigenvalue weighted by Gasteiger charge is -2.37. The molecular weight excluding hydrogens is 541 g/mol. The maximum Gasteiger partial charge on any atom is 0.416 e. The van der Waals surface area contributed by atoms with E-state index in [-0.39, 0.29) is 35.0 Å². The third-order valence-corrected chi connectivity index (χ3v) is 6.04. The summed E-state index contributed by atoms with van der Waals surface area (Å²) in [6.07, 6.45) is -5.09. The van der Waals surface area contributed by atoms with Crippen LogP contribution in [0.1, 0.15) is 44.7 Å². The molecule has 0 radical (unpaired) electrons. The summed E-state index contributed by atoms with van der Waals surface area (Å²) in [5.74, 6) is -2.62. The quantitative estimate of drug-likeness (QED) is 0.430. The van der Waals surface area contributed by atoms with Crippen molar-refractivity contribution < 1.29 is 32.2 Å². The van der Waals surface area contributed by atoms with Crippen LogP contribution >= 0.6 is 15.9 Å². The van der Waals surface area contributed by atoms with E-state index in [2.05, 4.69) is 15.9 Å². The van der Waals surface area contributed by atoms with Gasteiger partial charge in [0.15, 0.2) is 0 Å². The predicted molar refractivity (Wildman–Crippen MR) is 133 cm³/mol. The van der Waals surface area contributed by atoms with Crippen LogP contribution in [0, 0.1) is 0 Å². The molecule has 0 amide bonds. The first-order valence-corrected chi connectivity index (χ1v) is 12.0. The number of carbonyl (C=O) groups excluding carboxylic acids is 2. The highest BCUT2D eigenvalue weighted by molar-refractivity contribution is 9.10. The van der Waals surface area contributed by atoms with Crippen molar-refractivity contribution in [3.05, 3.63) is 86.8 Å². The summed E-state index contributed by atoms with van der Waals surface area (Å²) >= 11 is 3.37. The van der Waals surface area contributed by atoms with E-state index in [4.69, 9.17) is 15.2 Å². The predicted octanol–water partition coefficient (Wildman–Crippen LogP) is 6.03. The molecule has 192 valence electrons. The minimum Gasteiger partial charge on any atom is -0.463 e. The van der Waals surface area contributed by atoms with Gasteiger partial charge in [0.25, 0.3) is 0 Å². The van der Waals surface area contributed by atoms with Gasteiger partial charge >= 0.3 is 18.1 Å². The highest BCUT2D eigenvalue weighted by Crippen LogP contribution is 2.44. The molecule has 3 rings (SSSR count). The van der Waals surface area contributed by atoms with Gasteiger partial charge in [0, 0.05) is 15.9 Å². The van der Waals surface area contributed by atoms with Gasteiger partial charge in [-0.2, -0.15) is 13.2 Å². The Hall–Kier alpha value is -3.27. The molecule has 1 unspecified atom stereocenters. The molecule has 1 aliphatic heterocycles. The zero-order chi connectivity index (χ0) is 26.8. The van der Waals surface area contributed by atoms with Crippen molar-refractivity contribution in [2.24, 2.45) is 5.73 Å². The van der Waals surface area contributed by atoms with E-state index < -0.39 is 35.7 Å². The van der Waals surface area contributed by atoms with Crippen molar-refractivity contribution in [2.75, 3.05) is 11.5 Å². The van der Waals surface area contributed by atoms with Crippen LogP contribution in [0.2, 0.25) is 0 Å². The number of nitrogens with two attached hydrogens (primary N) is 1. The Morgan fingerprint density at radius 3 is 2.28 bits per heavy atom. The van der Waals surface area contributed by atoms with Crippen LogP contribution in [-0.4, -0.2) is 24.6 Å². The largest absolute Gasteiger partial charge is 0.463 e. The lowest BCUT2D eigenvalue weighted by Crippen LogP contribution is -2.39. The van der Waals surface area contributed by atoms with Gasteiger partial charge < -0.3 is 20.1 Å². The van der Waals surface area contributed by atoms with Crippen molar-refractivity contribution >= 4 is 33.6 Å². The van der Waals surface area contributed by atoms with E-state index in [1.165, 1.54) is 17.0 Å². The van der Waals surface area contributed by atoms with Crippen LogP contribution < -0.4 is 10.6 Å². The van der Waals surface area contributed by atoms with Crippen LogP contribution in [0.15, 0.2) is 75.7 Å². The molecule has 0 fully saturated rings. The molecule has 0 aromatic heterocycles. The molecule has 1 atom stereocenters. The van der Waals surface area contributed by atoms with E-state index in [9.17, 15) is 22.8 Å². The van der Waals surface area contributed by atoms with Crippen LogP contribution in [0.25, 0.3) is 0 Å². The Morgan fingerprint density at radius 1 is 1.08 bits per heavy atom. The number of esters is 2. The van der Waals surface area contributed by atoms with Crippen molar-refractivity contribution in [3.8, 4) is 0 Å². The summed E-state index contributed by atoms with van der Waals surface area (Å²) in [6.45, 7) is 6.54. The minimum atomic E-state index is -4.61. The number of halogens is 4. The number of anilines is 1. The van der Waals surface area contributed by atoms with Crippen molar-refractivity contribution in [1.29, 1.82) is 0 Å². The van der Waals surface area contributed by atoms with Crippen molar-refractivity contribution in [2.45, 2.75) is 45.9 Å². The fourth-order valence-corrected chi connectivity index (χ4v) is 4.30. The molecule has 10 heteroatoms. The normalized spacial score (nSPS) is 16.5. The second kappa shape index (κ2) is 10.8. The summed E-state index contributed by atoms with van der Waals surface area (Å²) in [6, 6.07) is 11.4. The number of alkyl halides is 3. The average Bonchev–Trinajstić information content (AvgIpc) is 2.78. The van der Waals surface area contributed by atoms with Gasteiger partial charge in [-0.15, -0.1) is 0 Å². The van der Waals surface area contributed by atoms with Gasteiger partial charge in [0.1, 0.15) is 5.82 Å². The molecule has 1 heterocycles. The van der Waals surface area contributed by atoms with Gasteiger partial charge in [0.05, 0.1) is 35.3 Å². The molecule has 0 saturated heterocycles. The maximum absolute atomic E-state index is 13.5. The van der Waals surface area contributed by atoms with Crippen molar-refractivity contribution in [3.63, 3.8) is 0 Å². The molecule has 36 heavy (non-hydrogen) atoms. The summed E-state index contributed by atoms with van der Waals surface area (Å²) in [5, 5.41) is 0. The fourth-order valence-electron chi connectivity index (χ4n) is 4.04. The topological polar surface area (TPSA) is 81.9 Å². The Morgan fingerprint density at radius 2 is 1.72 bits per heavy atom. The molecule has 2 N–H and O–H groups in total. The van der Waals surface area contributed by atoms with E-state index in [1.807, 2.05) is 0 Å². The highest BCUT2D eigenvalue weighted by Gasteiger charge is 2.42. The van der Waals surface area contributed by atoms with Crippen LogP contribution in [-0.2, 0) is 25.2 Å². The first-order chi connectivity index (χ1) is 16.9. The van der Waals surface area contributed by atoms with Gasteiger partial charge in [-0.3, -0.25) is 0 Å². The standard InChI is InChI=1S/C26H26BrF3N2O4/c1-5-35-24(33)22-21(16-9-11-18(27)12-10-16)20(25(34)36-14(2)3)15(4)32(23(22)31)19-8-6-7-17(13-19)26(28,29)30/h6-14,21H,5,31H2,1-4H3. The number of allylic oxidation sites excluding steroid dienone is 1. The Labute approximate surface area is 215 Å². The zero-order valence-electron chi connectivity index (χ0n) is 20.2. The maximum atomic E-state index is 13.5. The molecule has 6 nitrogen and oxygen atoms in total. The lowest BCUT2D eigenvalue weighted by atomic mass is 9.80. The number of hydrogen-bond acceptors (Lipinski definition) is 6. The fraction of sp³-hybridized carbons (Fsp3) is 0.308. The zero-order valence-corrected chi connectivity index (χ0v) is 21.7. The number of rotatable bonds is 6. The number of ether oxygens (including phenoxy) is 2. The van der Waals surface area contributed by atoms with Gasteiger partial charge in [0.2, 0.25) is 0 Å². The Kier molecular flexibility index (Phi) is 8.18. The highest BCUT2D eigenvalue weighted by atomic mass is 79.9. The molecule has 0 spiro atoms. The molecule has 2 aromatic carbocycles. The Balaban J connectivity index is 2.34. The average molecular weight is 567 g/mol. The van der Waals surface area contributed by atoms with E-state index in [1.54, 1.807) is 52.0 Å². The number of hydrogen-bond donors (Lipinski definition) is 1. The molecular formula is C26H26BrF3N2O4. The second-order valence-corrected chi connectivity index (χ2v) is 9.26. The number of benzene rings is 2. The van der Waals surface area contributed by atoms with Crippen LogP contribution in [0.5, 0.6) is 0 Å². The summed E-state index contributed by atoms with van der Waals surface area (Å²) < 4.78 is 52.0. The van der Waals surface area contributed by atoms with Gasteiger partial charge in [-0.25, -0.2) is 9.59 Å². The molecule has 0 bridgehead atoms. The summed E-state index contributed by atoms with van der Waals surface area (Å²) in [4.78, 5) is 27.9. The van der Waals surface area contributed by atoms with Crippen molar-refractivity contribution in [1.82, 2.24) is 0 Å². The van der Waals surface area contributed by atoms with E-state index in [0.29, 0.717) is 5.56 Å². The molecule has 0 saturated carbocycles. The third kappa shape index (κ3) is 5.59. The first-order valence-electron chi connectivity index (χ1n) is 11.2. The SMILES string of the molecule is CCOC(=O)C1=C(N)N(c2cccc(C(F)(F)F)c2)C(C)=C(C(=O)OC(C)C)C1c1ccc(Br)cc1. The minimum absolute atomic E-state index is 0.0285. The Bertz CT molecular complexity index is 1220. The molecule has 2 aromatic rings. The third-order valence-electron chi connectivity index (χ3n) is 5.51. The second-order valence-electron chi connectivity index (χ2n) is 8.34. The summed E-state index contributed by atoms with van der Waals surface area (Å²) in [5.41, 5.74) is 6.41. The van der Waals surface area contributed by atoms with Crippen LogP contribution in [0.4, 0.5) is 18.9 Å². The number of carbonyl (C=O) groups is 2. The number of nitrogens with zero attached hydrogens (tertiary/aromatic N) is 1. The molecule has 1 aliphatic rings. The smallest absolute Gasteiger partial charge is 0.416 e. The van der Waals surface area contributed by atoms with E-state index >= 15 is 0 Å². The van der Waals surface area contributed by atoms with Gasteiger partial charge in [-0.05, 0) is 63.6 Å². The van der Waals surface area contributed by atoms with Crippen LogP contribution in [0.3, 0.4) is 0 Å². The van der Waals surface area contributed by atoms with E-state index in [0.717, 1.165) is 16.6 Å². The summed E-state index contributed by atoms with van der Waals surface area (Å²) in [7, 11) is 0. The molecule has 0 aliphatic carbocycles. The van der Waals surface area contributed by atoms with Gasteiger partial charge in [-0.1, -0.05) is 34.1 Å².